The van der Waals surface area contributed by atoms with E-state index in [9.17, 15) is 4.79 Å². The van der Waals surface area contributed by atoms with Gasteiger partial charge in [-0.15, -0.1) is 11.3 Å². The summed E-state index contributed by atoms with van der Waals surface area (Å²) in [4.78, 5) is 16.6. The number of aromatic nitrogens is 1. The second kappa shape index (κ2) is 5.82. The molecule has 1 aromatic rings. The summed E-state index contributed by atoms with van der Waals surface area (Å²) in [5, 5.41) is 3.16. The molecule has 0 saturated carbocycles. The van der Waals surface area contributed by atoms with Gasteiger partial charge in [-0.1, -0.05) is 6.92 Å². The second-order valence-corrected chi connectivity index (χ2v) is 4.10. The van der Waals surface area contributed by atoms with Gasteiger partial charge in [0.2, 0.25) is 0 Å². The molecule has 1 rings (SSSR count). The molecule has 0 aromatic carbocycles. The second-order valence-electron chi connectivity index (χ2n) is 3.21. The molecular weight excluding hydrogens is 212 g/mol. The van der Waals surface area contributed by atoms with Crippen LogP contribution in [0.25, 0.3) is 0 Å². The Labute approximate surface area is 93.7 Å². The van der Waals surface area contributed by atoms with E-state index in [1.165, 1.54) is 18.4 Å². The maximum Gasteiger partial charge on any atom is 0.328 e. The van der Waals surface area contributed by atoms with Gasteiger partial charge in [0.05, 0.1) is 23.2 Å². The van der Waals surface area contributed by atoms with Crippen molar-refractivity contribution >= 4 is 17.3 Å². The third kappa shape index (κ3) is 3.00. The molecule has 0 fully saturated rings. The zero-order valence-electron chi connectivity index (χ0n) is 9.24. The van der Waals surface area contributed by atoms with Crippen LogP contribution < -0.4 is 5.32 Å². The first-order chi connectivity index (χ1) is 7.20. The Morgan fingerprint density at radius 3 is 2.93 bits per heavy atom. The Morgan fingerprint density at radius 2 is 2.47 bits per heavy atom. The van der Waals surface area contributed by atoms with Gasteiger partial charge in [-0.25, -0.2) is 9.78 Å². The first-order valence-corrected chi connectivity index (χ1v) is 5.79. The Hall–Kier alpha value is -0.940. The van der Waals surface area contributed by atoms with E-state index in [1.54, 1.807) is 5.51 Å². The van der Waals surface area contributed by atoms with Crippen molar-refractivity contribution in [3.05, 3.63) is 16.1 Å². The normalized spacial score (nSPS) is 12.5. The molecule has 0 aliphatic heterocycles. The highest BCUT2D eigenvalue weighted by molar-refractivity contribution is 7.10. The maximum absolute atomic E-state index is 11.6. The highest BCUT2D eigenvalue weighted by atomic mass is 32.1. The zero-order valence-corrected chi connectivity index (χ0v) is 10.1. The van der Waals surface area contributed by atoms with Crippen molar-refractivity contribution in [1.82, 2.24) is 10.3 Å². The Kier molecular flexibility index (Phi) is 4.71. The molecule has 0 aliphatic rings. The quantitative estimate of drug-likeness (QED) is 0.779. The number of aryl methyl sites for hydroxylation is 1. The fourth-order valence-electron chi connectivity index (χ4n) is 1.28. The Bertz CT molecular complexity index is 325. The van der Waals surface area contributed by atoms with Crippen LogP contribution in [0.2, 0.25) is 0 Å². The molecule has 1 atom stereocenters. The van der Waals surface area contributed by atoms with Gasteiger partial charge >= 0.3 is 5.97 Å². The maximum atomic E-state index is 11.6. The minimum Gasteiger partial charge on any atom is -0.468 e. The smallest absolute Gasteiger partial charge is 0.328 e. The van der Waals surface area contributed by atoms with Crippen molar-refractivity contribution in [2.45, 2.75) is 26.3 Å². The number of methoxy groups -OCH3 is 1. The van der Waals surface area contributed by atoms with Crippen LogP contribution in [0, 0.1) is 6.92 Å². The minimum absolute atomic E-state index is 0.254. The van der Waals surface area contributed by atoms with E-state index in [0.29, 0.717) is 0 Å². The van der Waals surface area contributed by atoms with Crippen molar-refractivity contribution in [2.24, 2.45) is 0 Å². The van der Waals surface area contributed by atoms with Crippen LogP contribution >= 0.6 is 11.3 Å². The first kappa shape index (κ1) is 12.1. The molecule has 84 valence electrons. The highest BCUT2D eigenvalue weighted by Crippen LogP contribution is 2.22. The molecule has 1 N–H and O–H groups in total. The molecule has 0 saturated heterocycles. The Balaban J connectivity index is 2.81. The fraction of sp³-hybridized carbons (Fsp3) is 0.600. The van der Waals surface area contributed by atoms with Crippen LogP contribution in [0.1, 0.15) is 30.0 Å². The lowest BCUT2D eigenvalue weighted by molar-refractivity contribution is -0.143. The number of hydrogen-bond acceptors (Lipinski definition) is 5. The number of nitrogens with one attached hydrogen (secondary N) is 1. The summed E-state index contributed by atoms with van der Waals surface area (Å²) >= 11 is 1.48. The summed E-state index contributed by atoms with van der Waals surface area (Å²) in [6.07, 6.45) is 0.978. The lowest BCUT2D eigenvalue weighted by Crippen LogP contribution is -2.30. The van der Waals surface area contributed by atoms with E-state index in [1.807, 2.05) is 6.92 Å². The molecule has 4 nitrogen and oxygen atoms in total. The zero-order chi connectivity index (χ0) is 11.3. The SMILES string of the molecule is CCCNC(C(=O)OC)c1scnc1C. The van der Waals surface area contributed by atoms with Crippen molar-refractivity contribution in [3.63, 3.8) is 0 Å². The number of esters is 1. The number of carbonyl (C=O) groups excluding carboxylic acids is 1. The predicted molar refractivity (Wildman–Crippen MR) is 59.9 cm³/mol. The standard InChI is InChI=1S/C10H16N2O2S/c1-4-5-11-8(10(13)14-3)9-7(2)12-6-15-9/h6,8,11H,4-5H2,1-3H3. The topological polar surface area (TPSA) is 51.2 Å². The van der Waals surface area contributed by atoms with Crippen LogP contribution in [-0.2, 0) is 9.53 Å². The van der Waals surface area contributed by atoms with E-state index in [2.05, 4.69) is 17.2 Å². The summed E-state index contributed by atoms with van der Waals surface area (Å²) in [5.74, 6) is -0.254. The molecule has 1 unspecified atom stereocenters. The summed E-state index contributed by atoms with van der Waals surface area (Å²) in [6.45, 7) is 4.74. The number of carbonyl (C=O) groups is 1. The van der Waals surface area contributed by atoms with Gasteiger partial charge in [-0.3, -0.25) is 5.32 Å². The van der Waals surface area contributed by atoms with E-state index < -0.39 is 0 Å². The largest absolute Gasteiger partial charge is 0.468 e. The third-order valence-electron chi connectivity index (χ3n) is 2.08. The van der Waals surface area contributed by atoms with E-state index in [4.69, 9.17) is 4.74 Å². The molecule has 0 spiro atoms. The third-order valence-corrected chi connectivity index (χ3v) is 3.08. The summed E-state index contributed by atoms with van der Waals surface area (Å²) < 4.78 is 4.77. The predicted octanol–water partition coefficient (Wildman–Crippen LogP) is 1.67. The van der Waals surface area contributed by atoms with Gasteiger partial charge in [0.15, 0.2) is 0 Å². The van der Waals surface area contributed by atoms with Gasteiger partial charge in [-0.05, 0) is 19.9 Å². The van der Waals surface area contributed by atoms with Crippen LogP contribution in [0.15, 0.2) is 5.51 Å². The molecular formula is C10H16N2O2S. The molecule has 1 aromatic heterocycles. The summed E-state index contributed by atoms with van der Waals surface area (Å²) in [6, 6.07) is -0.373. The van der Waals surface area contributed by atoms with Crippen LogP contribution in [0.4, 0.5) is 0 Å². The number of rotatable bonds is 5. The van der Waals surface area contributed by atoms with Crippen molar-refractivity contribution in [1.29, 1.82) is 0 Å². The summed E-state index contributed by atoms with van der Waals surface area (Å²) in [7, 11) is 1.40. The number of hydrogen-bond donors (Lipinski definition) is 1. The van der Waals surface area contributed by atoms with Crippen LogP contribution in [-0.4, -0.2) is 24.6 Å². The lowest BCUT2D eigenvalue weighted by Gasteiger charge is -2.14. The van der Waals surface area contributed by atoms with Gasteiger partial charge in [0.25, 0.3) is 0 Å². The Morgan fingerprint density at radius 1 is 1.73 bits per heavy atom. The first-order valence-electron chi connectivity index (χ1n) is 4.91. The molecule has 0 amide bonds. The van der Waals surface area contributed by atoms with Gasteiger partial charge in [0, 0.05) is 0 Å². The number of ether oxygens (including phenoxy) is 1. The monoisotopic (exact) mass is 228 g/mol. The van der Waals surface area contributed by atoms with E-state index >= 15 is 0 Å². The lowest BCUT2D eigenvalue weighted by atomic mass is 10.2. The fourth-order valence-corrected chi connectivity index (χ4v) is 2.14. The minimum atomic E-state index is -0.373. The van der Waals surface area contributed by atoms with Gasteiger partial charge in [-0.2, -0.15) is 0 Å². The van der Waals surface area contributed by atoms with Gasteiger partial charge in [0.1, 0.15) is 6.04 Å². The molecule has 0 radical (unpaired) electrons. The number of nitrogens with zero attached hydrogens (tertiary/aromatic N) is 1. The van der Waals surface area contributed by atoms with Crippen molar-refractivity contribution < 1.29 is 9.53 Å². The summed E-state index contributed by atoms with van der Waals surface area (Å²) in [5.41, 5.74) is 2.63. The molecule has 0 bridgehead atoms. The van der Waals surface area contributed by atoms with Crippen molar-refractivity contribution in [2.75, 3.05) is 13.7 Å². The average Bonchev–Trinajstić information content (AvgIpc) is 2.65. The molecule has 5 heteroatoms. The van der Waals surface area contributed by atoms with Crippen LogP contribution in [0.3, 0.4) is 0 Å². The molecule has 0 aliphatic carbocycles. The van der Waals surface area contributed by atoms with E-state index in [-0.39, 0.29) is 12.0 Å². The van der Waals surface area contributed by atoms with E-state index in [0.717, 1.165) is 23.5 Å². The van der Waals surface area contributed by atoms with Gasteiger partial charge < -0.3 is 4.74 Å². The average molecular weight is 228 g/mol. The highest BCUT2D eigenvalue weighted by Gasteiger charge is 2.23. The number of thiazole rings is 1. The van der Waals surface area contributed by atoms with Crippen LogP contribution in [0.5, 0.6) is 0 Å². The molecule has 1 heterocycles. The van der Waals surface area contributed by atoms with Crippen molar-refractivity contribution in [3.8, 4) is 0 Å². The molecule has 15 heavy (non-hydrogen) atoms.